The number of nitrogens with zero attached hydrogens (tertiary/aromatic N) is 2. The molecule has 7 heteroatoms. The predicted octanol–water partition coefficient (Wildman–Crippen LogP) is 3.34. The Morgan fingerprint density at radius 3 is 2.47 bits per heavy atom. The lowest BCUT2D eigenvalue weighted by Crippen LogP contribution is -2.51. The molecule has 1 saturated heterocycles. The summed E-state index contributed by atoms with van der Waals surface area (Å²) in [5, 5.41) is 2.91. The molecule has 6 fully saturated rings. The van der Waals surface area contributed by atoms with Crippen LogP contribution >= 0.6 is 0 Å². The lowest BCUT2D eigenvalue weighted by atomic mass is 9.67. The van der Waals surface area contributed by atoms with Crippen molar-refractivity contribution in [1.29, 1.82) is 0 Å². The van der Waals surface area contributed by atoms with Crippen LogP contribution in [0.2, 0.25) is 0 Å². The van der Waals surface area contributed by atoms with Crippen LogP contribution in [0.3, 0.4) is 0 Å². The van der Waals surface area contributed by atoms with Gasteiger partial charge < -0.3 is 15.0 Å². The molecular formula is C27H36FN3O3. The van der Waals surface area contributed by atoms with Crippen molar-refractivity contribution >= 4 is 11.8 Å². The third kappa shape index (κ3) is 4.68. The molecule has 184 valence electrons. The largest absolute Gasteiger partial charge is 0.490 e. The number of amides is 2. The number of rotatable bonds is 8. The molecule has 2 amide bonds. The summed E-state index contributed by atoms with van der Waals surface area (Å²) in [5.41, 5.74) is 0.852. The fourth-order valence-electron chi connectivity index (χ4n) is 7.40. The number of nitrogens with one attached hydrogen (secondary N) is 1. The highest BCUT2D eigenvalue weighted by atomic mass is 19.1. The van der Waals surface area contributed by atoms with E-state index in [0.717, 1.165) is 36.3 Å². The molecule has 1 aromatic carbocycles. The fourth-order valence-corrected chi connectivity index (χ4v) is 7.40. The number of carbonyl (C=O) groups is 2. The number of halogens is 1. The molecule has 6 aliphatic rings. The molecule has 34 heavy (non-hydrogen) atoms. The summed E-state index contributed by atoms with van der Waals surface area (Å²) in [4.78, 5) is 29.3. The molecule has 7 rings (SSSR count). The van der Waals surface area contributed by atoms with Crippen LogP contribution in [0, 0.1) is 29.0 Å². The van der Waals surface area contributed by atoms with Gasteiger partial charge in [0.2, 0.25) is 11.8 Å². The maximum absolute atomic E-state index is 14.3. The monoisotopic (exact) mass is 469 g/mol. The molecule has 1 aliphatic heterocycles. The standard InChI is InChI=1S/C27H36FN3O3/c28-24-4-3-23(34-22-1-2-22)11-21(24)17-30-5-7-31(8-6-30)26(33)16-29-25(32)15-27-12-18-9-19(13-27)20(10-18)14-27/h3-4,11,18-20,22H,1-2,5-10,12-17H2,(H,29,32). The zero-order chi connectivity index (χ0) is 23.3. The summed E-state index contributed by atoms with van der Waals surface area (Å²) in [6.45, 7) is 3.19. The number of benzene rings is 1. The highest BCUT2D eigenvalue weighted by Gasteiger charge is 2.56. The third-order valence-corrected chi connectivity index (χ3v) is 8.99. The van der Waals surface area contributed by atoms with E-state index in [2.05, 4.69) is 10.2 Å². The van der Waals surface area contributed by atoms with E-state index in [-0.39, 0.29) is 35.7 Å². The first-order chi connectivity index (χ1) is 16.4. The topological polar surface area (TPSA) is 61.9 Å². The minimum absolute atomic E-state index is 0.0210. The number of piperazine rings is 1. The molecule has 0 radical (unpaired) electrons. The van der Waals surface area contributed by atoms with Crippen molar-refractivity contribution in [1.82, 2.24) is 15.1 Å². The average molecular weight is 470 g/mol. The van der Waals surface area contributed by atoms with Gasteiger partial charge in [-0.05, 0) is 86.3 Å². The first kappa shape index (κ1) is 22.3. The van der Waals surface area contributed by atoms with Crippen molar-refractivity contribution in [3.8, 4) is 5.75 Å². The van der Waals surface area contributed by atoms with Gasteiger partial charge in [-0.15, -0.1) is 0 Å². The number of hydrogen-bond donors (Lipinski definition) is 1. The molecule has 1 heterocycles. The number of carbonyl (C=O) groups excluding carboxylic acids is 2. The van der Waals surface area contributed by atoms with E-state index in [1.54, 1.807) is 6.07 Å². The summed E-state index contributed by atoms with van der Waals surface area (Å²) in [7, 11) is 0. The van der Waals surface area contributed by atoms with Crippen molar-refractivity contribution in [3.05, 3.63) is 29.6 Å². The smallest absolute Gasteiger partial charge is 0.242 e. The molecule has 1 N–H and O–H groups in total. The predicted molar refractivity (Wildman–Crippen MR) is 126 cm³/mol. The molecule has 6 nitrogen and oxygen atoms in total. The second kappa shape index (κ2) is 8.81. The Kier molecular flexibility index (Phi) is 5.79. The first-order valence-electron chi connectivity index (χ1n) is 13.2. The Bertz CT molecular complexity index is 937. The molecule has 5 saturated carbocycles. The van der Waals surface area contributed by atoms with Gasteiger partial charge in [-0.2, -0.15) is 0 Å². The van der Waals surface area contributed by atoms with Gasteiger partial charge >= 0.3 is 0 Å². The Morgan fingerprint density at radius 1 is 1.06 bits per heavy atom. The van der Waals surface area contributed by atoms with Gasteiger partial charge in [0, 0.05) is 44.7 Å². The van der Waals surface area contributed by atoms with Crippen molar-refractivity contribution < 1.29 is 18.7 Å². The summed E-state index contributed by atoms with van der Waals surface area (Å²) in [6.07, 6.45) is 9.43. The minimum atomic E-state index is -0.215. The summed E-state index contributed by atoms with van der Waals surface area (Å²) in [5.74, 6) is 3.08. The zero-order valence-corrected chi connectivity index (χ0v) is 19.9. The van der Waals surface area contributed by atoms with Crippen LogP contribution in [-0.2, 0) is 16.1 Å². The normalized spacial score (nSPS) is 32.3. The Labute approximate surface area is 201 Å². The third-order valence-electron chi connectivity index (χ3n) is 8.99. The first-order valence-corrected chi connectivity index (χ1v) is 13.2. The van der Waals surface area contributed by atoms with Crippen molar-refractivity contribution in [2.24, 2.45) is 23.2 Å². The molecule has 2 atom stereocenters. The van der Waals surface area contributed by atoms with Crippen LogP contribution < -0.4 is 10.1 Å². The van der Waals surface area contributed by atoms with Gasteiger partial charge in [0.1, 0.15) is 11.6 Å². The van der Waals surface area contributed by atoms with Crippen LogP contribution in [0.4, 0.5) is 4.39 Å². The van der Waals surface area contributed by atoms with Gasteiger partial charge in [-0.25, -0.2) is 4.39 Å². The van der Waals surface area contributed by atoms with E-state index >= 15 is 0 Å². The number of hydrogen-bond acceptors (Lipinski definition) is 4. The van der Waals surface area contributed by atoms with E-state index < -0.39 is 0 Å². The van der Waals surface area contributed by atoms with E-state index in [0.29, 0.717) is 44.7 Å². The van der Waals surface area contributed by atoms with Crippen LogP contribution in [0.25, 0.3) is 0 Å². The van der Waals surface area contributed by atoms with Crippen molar-refractivity contribution in [3.63, 3.8) is 0 Å². The molecular weight excluding hydrogens is 433 g/mol. The van der Waals surface area contributed by atoms with Gasteiger partial charge in [-0.3, -0.25) is 14.5 Å². The molecule has 0 aromatic heterocycles. The van der Waals surface area contributed by atoms with Crippen molar-refractivity contribution in [2.75, 3.05) is 32.7 Å². The molecule has 1 aromatic rings. The lowest BCUT2D eigenvalue weighted by molar-refractivity contribution is -0.135. The van der Waals surface area contributed by atoms with E-state index in [1.807, 2.05) is 11.0 Å². The van der Waals surface area contributed by atoms with Crippen LogP contribution in [0.5, 0.6) is 5.75 Å². The summed E-state index contributed by atoms with van der Waals surface area (Å²) < 4.78 is 20.1. The summed E-state index contributed by atoms with van der Waals surface area (Å²) in [6, 6.07) is 4.99. The van der Waals surface area contributed by atoms with Gasteiger partial charge in [-0.1, -0.05) is 0 Å². The lowest BCUT2D eigenvalue weighted by Gasteiger charge is -2.38. The number of ether oxygens (including phenoxy) is 1. The summed E-state index contributed by atoms with van der Waals surface area (Å²) >= 11 is 0. The molecule has 0 spiro atoms. The average Bonchev–Trinajstić information content (AvgIpc) is 3.54. The fraction of sp³-hybridized carbons (Fsp3) is 0.704. The zero-order valence-electron chi connectivity index (χ0n) is 19.9. The molecule has 4 bridgehead atoms. The quantitative estimate of drug-likeness (QED) is 0.634. The highest BCUT2D eigenvalue weighted by Crippen LogP contribution is 2.65. The van der Waals surface area contributed by atoms with Crippen LogP contribution in [0.1, 0.15) is 56.9 Å². The molecule has 5 aliphatic carbocycles. The molecule has 2 unspecified atom stereocenters. The highest BCUT2D eigenvalue weighted by molar-refractivity contribution is 5.85. The maximum atomic E-state index is 14.3. The Hall–Kier alpha value is -2.15. The second-order valence-corrected chi connectivity index (χ2v) is 11.7. The van der Waals surface area contributed by atoms with Gasteiger partial charge in [0.05, 0.1) is 12.6 Å². The van der Waals surface area contributed by atoms with Crippen molar-refractivity contribution in [2.45, 2.75) is 64.0 Å². The second-order valence-electron chi connectivity index (χ2n) is 11.7. The van der Waals surface area contributed by atoms with E-state index in [4.69, 9.17) is 4.74 Å². The Morgan fingerprint density at radius 2 is 1.79 bits per heavy atom. The van der Waals surface area contributed by atoms with Crippen LogP contribution in [-0.4, -0.2) is 60.4 Å². The SMILES string of the molecule is O=C(CC12CC3CC(C1)C(C3)C2)NCC(=O)N1CCN(Cc2cc(OC3CC3)ccc2F)CC1. The van der Waals surface area contributed by atoms with Crippen LogP contribution in [0.15, 0.2) is 18.2 Å². The van der Waals surface area contributed by atoms with E-state index in [1.165, 1.54) is 38.2 Å². The van der Waals surface area contributed by atoms with E-state index in [9.17, 15) is 14.0 Å². The maximum Gasteiger partial charge on any atom is 0.242 e. The Balaban J connectivity index is 0.941. The van der Waals surface area contributed by atoms with Gasteiger partial charge in [0.15, 0.2) is 0 Å². The minimum Gasteiger partial charge on any atom is -0.490 e. The van der Waals surface area contributed by atoms with Gasteiger partial charge in [0.25, 0.3) is 0 Å².